The van der Waals surface area contributed by atoms with Crippen molar-refractivity contribution in [2.24, 2.45) is 0 Å². The average molecular weight is 269 g/mol. The minimum Gasteiger partial charge on any atom is -0.298 e. The molecule has 0 spiro atoms. The first-order chi connectivity index (χ1) is 8.11. The molecule has 0 unspecified atom stereocenters. The van der Waals surface area contributed by atoms with E-state index in [1.165, 1.54) is 6.07 Å². The van der Waals surface area contributed by atoms with Gasteiger partial charge in [-0.2, -0.15) is 0 Å². The summed E-state index contributed by atoms with van der Waals surface area (Å²) < 4.78 is 13.3. The molecule has 0 aromatic heterocycles. The van der Waals surface area contributed by atoms with Crippen LogP contribution in [-0.4, -0.2) is 6.29 Å². The fraction of sp³-hybridized carbons (Fsp3) is 0. The van der Waals surface area contributed by atoms with Crippen molar-refractivity contribution in [2.75, 3.05) is 0 Å². The van der Waals surface area contributed by atoms with Crippen LogP contribution in [0.25, 0.3) is 11.1 Å². The molecular weight excluding hydrogens is 262 g/mol. The fourth-order valence-corrected chi connectivity index (χ4v) is 2.21. The van der Waals surface area contributed by atoms with E-state index in [-0.39, 0.29) is 5.56 Å². The molecule has 0 radical (unpaired) electrons. The maximum Gasteiger partial charge on any atom is 0.150 e. The number of rotatable bonds is 2. The van der Waals surface area contributed by atoms with Crippen LogP contribution in [0.15, 0.2) is 36.4 Å². The van der Waals surface area contributed by atoms with Gasteiger partial charge in [-0.05, 0) is 35.9 Å². The number of benzene rings is 2. The lowest BCUT2D eigenvalue weighted by Gasteiger charge is -2.07. The standard InChI is InChI=1S/C13H7Cl2FO/c14-11-2-1-3-12(15)13(11)9-4-8(7-17)5-10(16)6-9/h1-7H. The summed E-state index contributed by atoms with van der Waals surface area (Å²) in [4.78, 5) is 10.7. The summed E-state index contributed by atoms with van der Waals surface area (Å²) >= 11 is 12.0. The Bertz CT molecular complexity index is 561. The Kier molecular flexibility index (Phi) is 3.46. The lowest BCUT2D eigenvalue weighted by molar-refractivity contribution is 0.112. The SMILES string of the molecule is O=Cc1cc(F)cc(-c2c(Cl)cccc2Cl)c1. The number of halogens is 3. The zero-order valence-electron chi connectivity index (χ0n) is 8.58. The van der Waals surface area contributed by atoms with Crippen molar-refractivity contribution in [3.63, 3.8) is 0 Å². The lowest BCUT2D eigenvalue weighted by atomic mass is 10.0. The zero-order chi connectivity index (χ0) is 12.4. The number of carbonyl (C=O) groups is 1. The lowest BCUT2D eigenvalue weighted by Crippen LogP contribution is -1.88. The van der Waals surface area contributed by atoms with Gasteiger partial charge in [-0.1, -0.05) is 29.3 Å². The van der Waals surface area contributed by atoms with Gasteiger partial charge in [0.05, 0.1) is 0 Å². The van der Waals surface area contributed by atoms with Crippen LogP contribution < -0.4 is 0 Å². The van der Waals surface area contributed by atoms with Crippen molar-refractivity contribution in [3.05, 3.63) is 57.8 Å². The maximum atomic E-state index is 13.3. The number of aldehydes is 1. The van der Waals surface area contributed by atoms with Gasteiger partial charge < -0.3 is 0 Å². The number of hydrogen-bond acceptors (Lipinski definition) is 1. The molecule has 0 aliphatic rings. The third-order valence-electron chi connectivity index (χ3n) is 2.31. The molecular formula is C13H7Cl2FO. The van der Waals surface area contributed by atoms with Gasteiger partial charge in [-0.3, -0.25) is 4.79 Å². The van der Waals surface area contributed by atoms with Crippen LogP contribution in [-0.2, 0) is 0 Å². The second-order valence-corrected chi connectivity index (χ2v) is 4.30. The van der Waals surface area contributed by atoms with Crippen LogP contribution >= 0.6 is 23.2 Å². The van der Waals surface area contributed by atoms with E-state index in [0.29, 0.717) is 27.5 Å². The number of hydrogen-bond donors (Lipinski definition) is 0. The van der Waals surface area contributed by atoms with Crippen LogP contribution in [0.1, 0.15) is 10.4 Å². The largest absolute Gasteiger partial charge is 0.298 e. The van der Waals surface area contributed by atoms with Gasteiger partial charge in [0.1, 0.15) is 12.1 Å². The Morgan fingerprint density at radius 2 is 1.71 bits per heavy atom. The smallest absolute Gasteiger partial charge is 0.150 e. The zero-order valence-corrected chi connectivity index (χ0v) is 10.1. The van der Waals surface area contributed by atoms with E-state index in [1.54, 1.807) is 24.3 Å². The Labute approximate surface area is 108 Å². The third kappa shape index (κ3) is 2.48. The molecule has 0 bridgehead atoms. The summed E-state index contributed by atoms with van der Waals surface area (Å²) in [6.07, 6.45) is 0.581. The Morgan fingerprint density at radius 1 is 1.06 bits per heavy atom. The quantitative estimate of drug-likeness (QED) is 0.727. The molecule has 0 saturated heterocycles. The second-order valence-electron chi connectivity index (χ2n) is 3.49. The molecule has 86 valence electrons. The van der Waals surface area contributed by atoms with Gasteiger partial charge in [0.2, 0.25) is 0 Å². The monoisotopic (exact) mass is 268 g/mol. The molecule has 0 amide bonds. The van der Waals surface area contributed by atoms with E-state index in [0.717, 1.165) is 6.07 Å². The predicted molar refractivity (Wildman–Crippen MR) is 67.2 cm³/mol. The highest BCUT2D eigenvalue weighted by Crippen LogP contribution is 2.35. The third-order valence-corrected chi connectivity index (χ3v) is 2.94. The average Bonchev–Trinajstić information content (AvgIpc) is 2.28. The fourth-order valence-electron chi connectivity index (χ4n) is 1.60. The predicted octanol–water partition coefficient (Wildman–Crippen LogP) is 4.61. The van der Waals surface area contributed by atoms with Crippen LogP contribution in [0.4, 0.5) is 4.39 Å². The van der Waals surface area contributed by atoms with Gasteiger partial charge in [-0.15, -0.1) is 0 Å². The topological polar surface area (TPSA) is 17.1 Å². The van der Waals surface area contributed by atoms with Gasteiger partial charge in [-0.25, -0.2) is 4.39 Å². The Balaban J connectivity index is 2.68. The number of carbonyl (C=O) groups excluding carboxylic acids is 1. The van der Waals surface area contributed by atoms with Crippen LogP contribution in [0.5, 0.6) is 0 Å². The first-order valence-corrected chi connectivity index (χ1v) is 5.57. The van der Waals surface area contributed by atoms with Crippen molar-refractivity contribution in [1.82, 2.24) is 0 Å². The maximum absolute atomic E-state index is 13.3. The minimum atomic E-state index is -0.499. The van der Waals surface area contributed by atoms with E-state index in [2.05, 4.69) is 0 Å². The van der Waals surface area contributed by atoms with Crippen molar-refractivity contribution < 1.29 is 9.18 Å². The van der Waals surface area contributed by atoms with Crippen molar-refractivity contribution in [1.29, 1.82) is 0 Å². The van der Waals surface area contributed by atoms with E-state index in [1.807, 2.05) is 0 Å². The summed E-state index contributed by atoms with van der Waals surface area (Å²) in [5.74, 6) is -0.499. The van der Waals surface area contributed by atoms with Gasteiger partial charge in [0.25, 0.3) is 0 Å². The molecule has 0 saturated carbocycles. The minimum absolute atomic E-state index is 0.246. The first-order valence-electron chi connectivity index (χ1n) is 4.82. The van der Waals surface area contributed by atoms with E-state index < -0.39 is 5.82 Å². The van der Waals surface area contributed by atoms with Gasteiger partial charge in [0, 0.05) is 21.2 Å². The molecule has 0 heterocycles. The van der Waals surface area contributed by atoms with E-state index in [4.69, 9.17) is 23.2 Å². The second kappa shape index (κ2) is 4.86. The summed E-state index contributed by atoms with van der Waals surface area (Å²) in [5, 5.41) is 0.833. The molecule has 2 aromatic rings. The molecule has 0 N–H and O–H groups in total. The van der Waals surface area contributed by atoms with E-state index >= 15 is 0 Å². The van der Waals surface area contributed by atoms with Crippen LogP contribution in [0, 0.1) is 5.82 Å². The highest BCUT2D eigenvalue weighted by Gasteiger charge is 2.10. The summed E-state index contributed by atoms with van der Waals surface area (Å²) in [6.45, 7) is 0. The molecule has 17 heavy (non-hydrogen) atoms. The molecule has 0 fully saturated rings. The molecule has 4 heteroatoms. The van der Waals surface area contributed by atoms with Gasteiger partial charge >= 0.3 is 0 Å². The van der Waals surface area contributed by atoms with Crippen molar-refractivity contribution in [3.8, 4) is 11.1 Å². The summed E-state index contributed by atoms with van der Waals surface area (Å²) in [7, 11) is 0. The summed E-state index contributed by atoms with van der Waals surface area (Å²) in [6, 6.07) is 9.02. The molecule has 2 aromatic carbocycles. The molecule has 0 aliphatic heterocycles. The highest BCUT2D eigenvalue weighted by molar-refractivity contribution is 6.39. The molecule has 1 nitrogen and oxygen atoms in total. The van der Waals surface area contributed by atoms with Crippen molar-refractivity contribution in [2.45, 2.75) is 0 Å². The van der Waals surface area contributed by atoms with Crippen LogP contribution in [0.3, 0.4) is 0 Å². The van der Waals surface area contributed by atoms with Crippen LogP contribution in [0.2, 0.25) is 10.0 Å². The normalized spacial score (nSPS) is 10.3. The Hall–Kier alpha value is -1.38. The Morgan fingerprint density at radius 3 is 2.29 bits per heavy atom. The summed E-state index contributed by atoms with van der Waals surface area (Å²) in [5.41, 5.74) is 1.26. The highest BCUT2D eigenvalue weighted by atomic mass is 35.5. The molecule has 0 aliphatic carbocycles. The van der Waals surface area contributed by atoms with E-state index in [9.17, 15) is 9.18 Å². The molecule has 2 rings (SSSR count). The van der Waals surface area contributed by atoms with Gasteiger partial charge in [0.15, 0.2) is 0 Å². The first kappa shape index (κ1) is 12.1. The molecule has 0 atom stereocenters. The van der Waals surface area contributed by atoms with Crippen molar-refractivity contribution >= 4 is 29.5 Å².